The summed E-state index contributed by atoms with van der Waals surface area (Å²) in [6.07, 6.45) is 1.46. The molecule has 6 heterocycles. The molecule has 4 N–H and O–H groups in total. The smallest absolute Gasteiger partial charge is 0.857 e. The second-order valence-corrected chi connectivity index (χ2v) is 18.7. The first-order valence-corrected chi connectivity index (χ1v) is 22.7. The molecule has 0 bridgehead atoms. The average Bonchev–Trinajstić information content (AvgIpc) is 3.29. The Morgan fingerprint density at radius 1 is 0.628 bits per heavy atom. The quantitative estimate of drug-likeness (QED) is 0.0170. The number of nitrogens with two attached hydrogens (primary N) is 1. The Morgan fingerprint density at radius 3 is 1.35 bits per heavy atom. The van der Waals surface area contributed by atoms with Crippen LogP contribution in [0, 0.1) is 96.5 Å². The van der Waals surface area contributed by atoms with E-state index in [4.69, 9.17) is 82.5 Å². The second kappa shape index (κ2) is 47.0. The number of hydrogen-bond acceptors (Lipinski definition) is 17. The summed E-state index contributed by atoms with van der Waals surface area (Å²) in [4.78, 5) is 42.5. The van der Waals surface area contributed by atoms with E-state index >= 15 is 0 Å². The maximum atomic E-state index is 12.7. The van der Waals surface area contributed by atoms with Gasteiger partial charge in [-0.25, -0.2) is 36.3 Å². The van der Waals surface area contributed by atoms with Crippen LogP contribution in [0.1, 0.15) is 14.9 Å². The zero-order valence-corrected chi connectivity index (χ0v) is 46.9. The monoisotopic (exact) mass is 1340 g/mol. The molecule has 78 heavy (non-hydrogen) atoms. The SMILES string of the molecule is C.C.COc1nc(Cl)c(F)cc1N.COc1nc(Cl)c(F)cc1[N+](=O)[O-].C[O-].Fc1ccc(F)c(Cl)n1.Fc1ccc(F)nc1.O=P(Cl)(Cl)Cl.O=[N+]([O-])O.O=[N+]([O-])c1cc(F)c(Cl)nc1F.O[n+]1cc(F)ccc1F.[CH3-].[Fe].[Na+]. The van der Waals surface area contributed by atoms with Crippen LogP contribution in [0.5, 0.6) is 11.8 Å². The summed E-state index contributed by atoms with van der Waals surface area (Å²) in [6, 6.07) is 7.66. The van der Waals surface area contributed by atoms with Crippen molar-refractivity contribution in [3.05, 3.63) is 184 Å². The van der Waals surface area contributed by atoms with Crippen LogP contribution in [0.4, 0.5) is 61.0 Å². The summed E-state index contributed by atoms with van der Waals surface area (Å²) in [7, 11) is 3.32. The van der Waals surface area contributed by atoms with Crippen molar-refractivity contribution >= 4 is 102 Å². The normalized spacial score (nSPS) is 8.83. The number of halogens is 17. The maximum Gasteiger partial charge on any atom is 1.00 e. The zero-order chi connectivity index (χ0) is 57.5. The predicted octanol–water partition coefficient (Wildman–Crippen LogP) is 9.20. The third-order valence-electron chi connectivity index (χ3n) is 5.76. The minimum Gasteiger partial charge on any atom is -0.857 e. The molecule has 0 fully saturated rings. The summed E-state index contributed by atoms with van der Waals surface area (Å²) >= 11 is 34.6. The molecule has 6 aromatic heterocycles. The van der Waals surface area contributed by atoms with Crippen molar-refractivity contribution in [3.63, 3.8) is 0 Å². The molecule has 0 unspecified atom stereocenters. The Bertz CT molecular complexity index is 2720. The van der Waals surface area contributed by atoms with Crippen LogP contribution in [0.3, 0.4) is 0 Å². The van der Waals surface area contributed by atoms with Gasteiger partial charge in [-0.1, -0.05) is 61.3 Å². The van der Waals surface area contributed by atoms with Gasteiger partial charge in [0.25, 0.3) is 23.1 Å². The molecule has 0 spiro atoms. The van der Waals surface area contributed by atoms with E-state index in [2.05, 4.69) is 63.4 Å². The summed E-state index contributed by atoms with van der Waals surface area (Å²) in [5, 5.41) is 45.5. The molecule has 6 rings (SSSR count). The number of anilines is 1. The van der Waals surface area contributed by atoms with Crippen LogP contribution in [-0.4, -0.2) is 71.6 Å². The van der Waals surface area contributed by atoms with Crippen molar-refractivity contribution in [3.8, 4) is 11.8 Å². The molecule has 0 aliphatic carbocycles. The summed E-state index contributed by atoms with van der Waals surface area (Å²) in [5.74, 6) is -8.53. The largest absolute Gasteiger partial charge is 1.00 e. The molecule has 6 aromatic rings. The average molecular weight is 1350 g/mol. The molecule has 0 saturated heterocycles. The van der Waals surface area contributed by atoms with Crippen molar-refractivity contribution in [1.82, 2.24) is 24.9 Å². The number of nitrogen functional groups attached to an aromatic ring is 1. The molecule has 0 aliphatic rings. The van der Waals surface area contributed by atoms with Crippen LogP contribution in [0.25, 0.3) is 0 Å². The standard InChI is InChI=1S/C6H4ClFN2O3.C6H6ClFN2O.C5HClF2N2O2.C5H2ClF2N.C5H4F2NO.C5H3F2N.CH3O.2CH4.CH3.Cl3OP.Fe.HNO3.Na/c1-13-6-4(10(11)12)2-3(8)5(7)9-6;1-11-6-4(9)2-3(8)5(7)10-6;6-4-2(7)1-3(10(11)12)5(8)9-4;6-5-3(7)1-2-4(8)9-5;6-4-1-2-5(7)8(9)3-4;6-4-1-2-5(7)8-3-4;1-2;;;;1-5(2,3)4;;2-1(3)4;/h2H,1H3;2H,9H2,1H3;1H;1-2H;1-3,9H;1-3H;1H3;2*1H4;1H3;;;(H,2,3,4);/q;;;;+1;;-1;;;-1;;;;+1. The molecule has 22 nitrogen and oxygen atoms in total. The molecular weight excluding hydrogens is 1310 g/mol. The molecule has 42 heteroatoms. The van der Waals surface area contributed by atoms with E-state index in [0.717, 1.165) is 55.8 Å². The van der Waals surface area contributed by atoms with E-state index < -0.39 is 106 Å². The Balaban J connectivity index is -0.000000120. The number of hydrogen-bond donors (Lipinski definition) is 3. The summed E-state index contributed by atoms with van der Waals surface area (Å²) in [5.41, 5.74) is 3.87. The van der Waals surface area contributed by atoms with Gasteiger partial charge < -0.3 is 32.9 Å². The van der Waals surface area contributed by atoms with E-state index in [0.29, 0.717) is 18.3 Å². The molecule has 0 aliphatic heterocycles. The first-order chi connectivity index (χ1) is 33.6. The first kappa shape index (κ1) is 89.7. The van der Waals surface area contributed by atoms with Gasteiger partial charge in [-0.3, -0.25) is 30.0 Å². The number of ether oxygens (including phenoxy) is 2. The second-order valence-electron chi connectivity index (χ2n) is 10.6. The molecule has 0 saturated carbocycles. The fraction of sp³-hybridized carbons (Fsp3) is 0.139. The van der Waals surface area contributed by atoms with Crippen molar-refractivity contribution in [2.24, 2.45) is 0 Å². The Labute approximate surface area is 501 Å². The van der Waals surface area contributed by atoms with Gasteiger partial charge in [-0.15, -0.1) is 14.5 Å². The van der Waals surface area contributed by atoms with Gasteiger partial charge in [0.05, 0.1) is 48.1 Å². The number of pyridine rings is 6. The van der Waals surface area contributed by atoms with Gasteiger partial charge in [0.15, 0.2) is 49.7 Å². The van der Waals surface area contributed by atoms with Crippen LogP contribution in [0.15, 0.2) is 67.0 Å². The number of nitrogens with zero attached hydrogens (tertiary/aromatic N) is 9. The first-order valence-electron chi connectivity index (χ1n) is 16.7. The predicted molar refractivity (Wildman–Crippen MR) is 255 cm³/mol. The molecule has 0 aromatic carbocycles. The topological polar surface area (TPSA) is 323 Å². The molecule has 434 valence electrons. The van der Waals surface area contributed by atoms with Gasteiger partial charge >= 0.3 is 52.1 Å². The number of methoxy groups -OCH3 is 2. The van der Waals surface area contributed by atoms with Gasteiger partial charge in [0.2, 0.25) is 17.8 Å². The maximum absolute atomic E-state index is 12.7. The van der Waals surface area contributed by atoms with E-state index in [-0.39, 0.29) is 96.2 Å². The fourth-order valence-electron chi connectivity index (χ4n) is 3.11. The number of nitro groups is 2. The molecule has 0 radical (unpaired) electrons. The number of aromatic nitrogens is 6. The van der Waals surface area contributed by atoms with E-state index in [1.165, 1.54) is 14.2 Å². The van der Waals surface area contributed by atoms with E-state index in [9.17, 15) is 68.7 Å². The Hall–Kier alpha value is -4.86. The van der Waals surface area contributed by atoms with Gasteiger partial charge in [-0.05, 0) is 64.1 Å². The molecule has 0 amide bonds. The Kier molecular flexibility index (Phi) is 54.0. The third kappa shape index (κ3) is 42.1. The summed E-state index contributed by atoms with van der Waals surface area (Å²) in [6.45, 7) is 0. The minimum atomic E-state index is -3.22. The molecule has 0 atom stereocenters. The Morgan fingerprint density at radius 2 is 1.00 bits per heavy atom. The van der Waals surface area contributed by atoms with Crippen molar-refractivity contribution in [2.75, 3.05) is 27.1 Å². The minimum absolute atomic E-state index is 0. The van der Waals surface area contributed by atoms with Gasteiger partial charge in [0, 0.05) is 33.9 Å². The van der Waals surface area contributed by atoms with E-state index in [1.54, 1.807) is 0 Å². The number of rotatable bonds is 4. The summed E-state index contributed by atoms with van der Waals surface area (Å²) < 4.78 is 141. The van der Waals surface area contributed by atoms with Gasteiger partial charge in [0.1, 0.15) is 5.82 Å². The molecular formula is C36H35Cl7F10FeN10NaO12P. The zero-order valence-electron chi connectivity index (χ0n) is 37.7. The van der Waals surface area contributed by atoms with Crippen LogP contribution < -0.4 is 54.6 Å². The van der Waals surface area contributed by atoms with E-state index in [1.807, 2.05) is 0 Å². The fourth-order valence-corrected chi connectivity index (χ4v) is 3.65. The van der Waals surface area contributed by atoms with Crippen molar-refractivity contribution in [1.29, 1.82) is 0 Å². The van der Waals surface area contributed by atoms with Crippen LogP contribution in [-0.2, 0) is 21.6 Å². The van der Waals surface area contributed by atoms with Gasteiger partial charge in [-0.2, -0.15) is 35.2 Å². The van der Waals surface area contributed by atoms with Crippen molar-refractivity contribution in [2.45, 2.75) is 14.9 Å². The van der Waals surface area contributed by atoms with Crippen LogP contribution >= 0.6 is 85.3 Å². The third-order valence-corrected chi connectivity index (χ3v) is 6.82. The van der Waals surface area contributed by atoms with Crippen LogP contribution in [0.2, 0.25) is 20.6 Å². The van der Waals surface area contributed by atoms with Crippen molar-refractivity contribution < 1.29 is 140 Å².